The minimum atomic E-state index is -0.450. The lowest BCUT2D eigenvalue weighted by atomic mass is 9.54. The van der Waals surface area contributed by atoms with Crippen LogP contribution in [0.1, 0.15) is 64.7 Å². The molecule has 0 radical (unpaired) electrons. The van der Waals surface area contributed by atoms with Gasteiger partial charge < -0.3 is 10.8 Å². The molecule has 3 aliphatic carbocycles. The molecule has 0 saturated heterocycles. The highest BCUT2D eigenvalue weighted by Gasteiger charge is 2.62. The first-order valence-corrected chi connectivity index (χ1v) is 8.08. The molecule has 3 aliphatic rings. The van der Waals surface area contributed by atoms with Crippen LogP contribution in [-0.4, -0.2) is 17.3 Å². The van der Waals surface area contributed by atoms with E-state index in [1.165, 1.54) is 44.9 Å². The average Bonchev–Trinajstić information content (AvgIpc) is 3.00. The van der Waals surface area contributed by atoms with E-state index in [1.54, 1.807) is 0 Å². The Labute approximate surface area is 111 Å². The summed E-state index contributed by atoms with van der Waals surface area (Å²) in [6, 6.07) is 0. The van der Waals surface area contributed by atoms with Crippen LogP contribution < -0.4 is 5.73 Å². The van der Waals surface area contributed by atoms with Crippen LogP contribution in [0.4, 0.5) is 0 Å². The van der Waals surface area contributed by atoms with Crippen LogP contribution >= 0.6 is 0 Å². The quantitative estimate of drug-likeness (QED) is 0.809. The molecule has 3 saturated carbocycles. The van der Waals surface area contributed by atoms with E-state index in [-0.39, 0.29) is 5.41 Å². The lowest BCUT2D eigenvalue weighted by Crippen LogP contribution is -2.60. The molecule has 2 heteroatoms. The van der Waals surface area contributed by atoms with Crippen molar-refractivity contribution in [3.05, 3.63) is 0 Å². The van der Waals surface area contributed by atoms with Crippen molar-refractivity contribution in [2.75, 3.05) is 6.54 Å². The Morgan fingerprint density at radius 1 is 1.22 bits per heavy atom. The molecule has 0 aromatic carbocycles. The summed E-state index contributed by atoms with van der Waals surface area (Å²) in [4.78, 5) is 0. The number of rotatable bonds is 3. The maximum Gasteiger partial charge on any atom is 0.0746 e. The molecule has 0 heterocycles. The molecule has 3 fully saturated rings. The molecule has 5 unspecified atom stereocenters. The Balaban J connectivity index is 1.94. The van der Waals surface area contributed by atoms with Gasteiger partial charge in [0.1, 0.15) is 0 Å². The first-order chi connectivity index (χ1) is 8.66. The molecule has 3 rings (SSSR count). The van der Waals surface area contributed by atoms with E-state index in [9.17, 15) is 5.11 Å². The van der Waals surface area contributed by atoms with Gasteiger partial charge in [-0.05, 0) is 49.9 Å². The predicted octanol–water partition coefficient (Wildman–Crippen LogP) is 3.08. The number of fused-ring (bicyclic) bond motifs is 2. The molecule has 0 amide bonds. The Morgan fingerprint density at radius 3 is 2.61 bits per heavy atom. The second-order valence-electron chi connectivity index (χ2n) is 7.22. The van der Waals surface area contributed by atoms with Gasteiger partial charge >= 0.3 is 0 Å². The number of hydrogen-bond acceptors (Lipinski definition) is 2. The average molecular weight is 251 g/mol. The second-order valence-corrected chi connectivity index (χ2v) is 7.22. The highest BCUT2D eigenvalue weighted by atomic mass is 16.3. The van der Waals surface area contributed by atoms with Crippen molar-refractivity contribution in [2.24, 2.45) is 28.9 Å². The Bertz CT molecular complexity index is 318. The highest BCUT2D eigenvalue weighted by Crippen LogP contribution is 2.64. The monoisotopic (exact) mass is 251 g/mol. The zero-order valence-electron chi connectivity index (χ0n) is 11.8. The van der Waals surface area contributed by atoms with Crippen LogP contribution in [0.3, 0.4) is 0 Å². The zero-order chi connectivity index (χ0) is 12.8. The SMILES string of the molecule is CCC1CCCCC1(O)C1(CN)CC2CCC1C2. The van der Waals surface area contributed by atoms with Crippen molar-refractivity contribution in [3.8, 4) is 0 Å². The van der Waals surface area contributed by atoms with Gasteiger partial charge in [0.15, 0.2) is 0 Å². The van der Waals surface area contributed by atoms with Gasteiger partial charge in [-0.15, -0.1) is 0 Å². The number of aliphatic hydroxyl groups is 1. The Morgan fingerprint density at radius 2 is 2.06 bits per heavy atom. The summed E-state index contributed by atoms with van der Waals surface area (Å²) in [5.74, 6) is 2.07. The van der Waals surface area contributed by atoms with Crippen LogP contribution in [0.25, 0.3) is 0 Å². The smallest absolute Gasteiger partial charge is 0.0746 e. The predicted molar refractivity (Wildman–Crippen MR) is 74.1 cm³/mol. The number of nitrogens with two attached hydrogens (primary N) is 1. The third kappa shape index (κ3) is 1.54. The van der Waals surface area contributed by atoms with Gasteiger partial charge in [-0.2, -0.15) is 0 Å². The molecule has 3 N–H and O–H groups in total. The van der Waals surface area contributed by atoms with Crippen molar-refractivity contribution >= 4 is 0 Å². The third-order valence-corrected chi connectivity index (χ3v) is 6.73. The van der Waals surface area contributed by atoms with Gasteiger partial charge in [0, 0.05) is 12.0 Å². The number of hydrogen-bond donors (Lipinski definition) is 2. The molecular formula is C16H29NO. The highest BCUT2D eigenvalue weighted by molar-refractivity contribution is 5.13. The van der Waals surface area contributed by atoms with E-state index in [2.05, 4.69) is 6.92 Å². The molecule has 5 atom stereocenters. The molecule has 18 heavy (non-hydrogen) atoms. The third-order valence-electron chi connectivity index (χ3n) is 6.73. The molecule has 0 aromatic heterocycles. The lowest BCUT2D eigenvalue weighted by molar-refractivity contribution is -0.166. The summed E-state index contributed by atoms with van der Waals surface area (Å²) in [7, 11) is 0. The topological polar surface area (TPSA) is 46.2 Å². The van der Waals surface area contributed by atoms with Crippen molar-refractivity contribution in [1.29, 1.82) is 0 Å². The van der Waals surface area contributed by atoms with Crippen molar-refractivity contribution < 1.29 is 5.11 Å². The first kappa shape index (κ1) is 12.9. The summed E-state index contributed by atoms with van der Waals surface area (Å²) >= 11 is 0. The van der Waals surface area contributed by atoms with Gasteiger partial charge in [0.2, 0.25) is 0 Å². The van der Waals surface area contributed by atoms with Crippen LogP contribution in [-0.2, 0) is 0 Å². The van der Waals surface area contributed by atoms with E-state index < -0.39 is 5.60 Å². The van der Waals surface area contributed by atoms with Gasteiger partial charge in [-0.25, -0.2) is 0 Å². The van der Waals surface area contributed by atoms with Crippen LogP contribution in [0.15, 0.2) is 0 Å². The molecule has 2 bridgehead atoms. The summed E-state index contributed by atoms with van der Waals surface area (Å²) in [6.45, 7) is 2.96. The summed E-state index contributed by atoms with van der Waals surface area (Å²) in [6.07, 6.45) is 11.1. The second kappa shape index (κ2) is 4.49. The van der Waals surface area contributed by atoms with E-state index in [0.717, 1.165) is 18.8 Å². The standard InChI is InChI=1S/C16H29NO/c1-2-13-5-3-4-8-16(13,18)15(11-17)10-12-6-7-14(15)9-12/h12-14,18H,2-11,17H2,1H3. The zero-order valence-corrected chi connectivity index (χ0v) is 11.8. The fourth-order valence-electron chi connectivity index (χ4n) is 5.83. The van der Waals surface area contributed by atoms with Gasteiger partial charge in [-0.1, -0.05) is 32.6 Å². The Hall–Kier alpha value is -0.0800. The molecule has 2 nitrogen and oxygen atoms in total. The van der Waals surface area contributed by atoms with Gasteiger partial charge in [0.25, 0.3) is 0 Å². The van der Waals surface area contributed by atoms with Crippen LogP contribution in [0.2, 0.25) is 0 Å². The Kier molecular flexibility index (Phi) is 3.22. The van der Waals surface area contributed by atoms with Crippen molar-refractivity contribution in [3.63, 3.8) is 0 Å². The lowest BCUT2D eigenvalue weighted by Gasteiger charge is -2.55. The molecule has 0 aromatic rings. The van der Waals surface area contributed by atoms with E-state index in [0.29, 0.717) is 18.4 Å². The minimum absolute atomic E-state index is 0.0665. The van der Waals surface area contributed by atoms with Crippen LogP contribution in [0, 0.1) is 23.2 Å². The summed E-state index contributed by atoms with van der Waals surface area (Å²) in [5, 5.41) is 11.5. The van der Waals surface area contributed by atoms with Crippen LogP contribution in [0.5, 0.6) is 0 Å². The normalized spacial score (nSPS) is 51.8. The fourth-order valence-corrected chi connectivity index (χ4v) is 5.83. The maximum absolute atomic E-state index is 11.5. The molecule has 0 aliphatic heterocycles. The molecule has 104 valence electrons. The van der Waals surface area contributed by atoms with E-state index >= 15 is 0 Å². The van der Waals surface area contributed by atoms with E-state index in [4.69, 9.17) is 5.73 Å². The molecular weight excluding hydrogens is 222 g/mol. The van der Waals surface area contributed by atoms with Crippen molar-refractivity contribution in [2.45, 2.75) is 70.3 Å². The maximum atomic E-state index is 11.5. The minimum Gasteiger partial charge on any atom is -0.389 e. The van der Waals surface area contributed by atoms with Gasteiger partial charge in [-0.3, -0.25) is 0 Å². The summed E-state index contributed by atoms with van der Waals surface area (Å²) < 4.78 is 0. The largest absolute Gasteiger partial charge is 0.389 e. The summed E-state index contributed by atoms with van der Waals surface area (Å²) in [5.41, 5.74) is 5.84. The first-order valence-electron chi connectivity index (χ1n) is 8.08. The van der Waals surface area contributed by atoms with E-state index in [1.807, 2.05) is 0 Å². The van der Waals surface area contributed by atoms with Gasteiger partial charge in [0.05, 0.1) is 5.60 Å². The fraction of sp³-hybridized carbons (Fsp3) is 1.00. The van der Waals surface area contributed by atoms with Crippen molar-refractivity contribution in [1.82, 2.24) is 0 Å². The molecule has 0 spiro atoms.